The van der Waals surface area contributed by atoms with Crippen LogP contribution >= 0.6 is 0 Å². The zero-order chi connectivity index (χ0) is 13.7. The van der Waals surface area contributed by atoms with E-state index in [0.29, 0.717) is 0 Å². The van der Waals surface area contributed by atoms with Gasteiger partial charge >= 0.3 is 0 Å². The molecule has 2 aromatic carbocycles. The van der Waals surface area contributed by atoms with Crippen LogP contribution in [-0.2, 0) is 0 Å². The van der Waals surface area contributed by atoms with Crippen molar-refractivity contribution in [3.05, 3.63) is 71.8 Å². The van der Waals surface area contributed by atoms with Crippen LogP contribution in [0.25, 0.3) is 0 Å². The van der Waals surface area contributed by atoms with Crippen molar-refractivity contribution in [2.75, 3.05) is 7.05 Å². The molecule has 2 unspecified atom stereocenters. The third-order valence-electron chi connectivity index (χ3n) is 3.45. The summed E-state index contributed by atoms with van der Waals surface area (Å²) in [6.07, 6.45) is 0. The van der Waals surface area contributed by atoms with Crippen LogP contribution in [0.5, 0.6) is 0 Å². The minimum absolute atomic E-state index is 0.0927. The highest BCUT2D eigenvalue weighted by atomic mass is 16.1. The fourth-order valence-corrected chi connectivity index (χ4v) is 2.28. The standard InChI is InChI=1S/C17H19NO/c1-13(18-2)16(14-9-5-3-6-10-14)17(19)15-11-7-4-8-12-15/h3-13,16,18H,1-2H3. The van der Waals surface area contributed by atoms with E-state index in [0.717, 1.165) is 11.1 Å². The van der Waals surface area contributed by atoms with Gasteiger partial charge < -0.3 is 5.32 Å². The molecule has 0 fully saturated rings. The third-order valence-corrected chi connectivity index (χ3v) is 3.45. The van der Waals surface area contributed by atoms with Crippen molar-refractivity contribution < 1.29 is 4.79 Å². The number of rotatable bonds is 5. The van der Waals surface area contributed by atoms with Crippen LogP contribution < -0.4 is 5.32 Å². The lowest BCUT2D eigenvalue weighted by molar-refractivity contribution is 0.0944. The number of Topliss-reactive ketones (excluding diaryl/α,β-unsaturated/α-hetero) is 1. The summed E-state index contributed by atoms with van der Waals surface area (Å²) in [6.45, 7) is 2.04. The maximum Gasteiger partial charge on any atom is 0.171 e. The number of carbonyl (C=O) groups excluding carboxylic acids is 1. The zero-order valence-electron chi connectivity index (χ0n) is 11.3. The second kappa shape index (κ2) is 6.30. The average Bonchev–Trinajstić information content (AvgIpc) is 2.49. The molecule has 0 aliphatic heterocycles. The van der Waals surface area contributed by atoms with Gasteiger partial charge in [0.05, 0.1) is 5.92 Å². The van der Waals surface area contributed by atoms with E-state index in [-0.39, 0.29) is 17.7 Å². The Morgan fingerprint density at radius 3 is 2.00 bits per heavy atom. The van der Waals surface area contributed by atoms with Crippen molar-refractivity contribution in [3.63, 3.8) is 0 Å². The van der Waals surface area contributed by atoms with E-state index in [1.807, 2.05) is 74.6 Å². The molecule has 0 amide bonds. The molecule has 2 nitrogen and oxygen atoms in total. The second-order valence-corrected chi connectivity index (χ2v) is 4.70. The van der Waals surface area contributed by atoms with E-state index < -0.39 is 0 Å². The molecular formula is C17H19NO. The molecule has 0 heterocycles. The molecule has 98 valence electrons. The van der Waals surface area contributed by atoms with E-state index in [4.69, 9.17) is 0 Å². The number of hydrogen-bond acceptors (Lipinski definition) is 2. The number of likely N-dealkylation sites (N-methyl/N-ethyl adjacent to an activating group) is 1. The van der Waals surface area contributed by atoms with Crippen LogP contribution in [0.1, 0.15) is 28.8 Å². The zero-order valence-corrected chi connectivity index (χ0v) is 11.3. The Balaban J connectivity index is 2.37. The van der Waals surface area contributed by atoms with Gasteiger partial charge in [0.1, 0.15) is 0 Å². The summed E-state index contributed by atoms with van der Waals surface area (Å²) in [4.78, 5) is 12.7. The Kier molecular flexibility index (Phi) is 4.48. The van der Waals surface area contributed by atoms with Gasteiger partial charge in [0.2, 0.25) is 0 Å². The van der Waals surface area contributed by atoms with Crippen molar-refractivity contribution >= 4 is 5.78 Å². The SMILES string of the molecule is CNC(C)C(C(=O)c1ccccc1)c1ccccc1. The van der Waals surface area contributed by atoms with Crippen LogP contribution in [0.4, 0.5) is 0 Å². The maximum absolute atomic E-state index is 12.7. The summed E-state index contributed by atoms with van der Waals surface area (Å²) in [5.41, 5.74) is 1.82. The summed E-state index contributed by atoms with van der Waals surface area (Å²) in [6, 6.07) is 19.5. The van der Waals surface area contributed by atoms with Crippen LogP contribution in [0, 0.1) is 0 Å². The molecule has 2 rings (SSSR count). The summed E-state index contributed by atoms with van der Waals surface area (Å²) >= 11 is 0. The summed E-state index contributed by atoms with van der Waals surface area (Å²) in [7, 11) is 1.89. The number of benzene rings is 2. The van der Waals surface area contributed by atoms with Gasteiger partial charge in [0.15, 0.2) is 5.78 Å². The normalized spacial score (nSPS) is 13.8. The first-order chi connectivity index (χ1) is 9.24. The van der Waals surface area contributed by atoms with Gasteiger partial charge in [-0.2, -0.15) is 0 Å². The van der Waals surface area contributed by atoms with Crippen LogP contribution in [0.3, 0.4) is 0 Å². The fourth-order valence-electron chi connectivity index (χ4n) is 2.28. The van der Waals surface area contributed by atoms with Gasteiger partial charge in [-0.15, -0.1) is 0 Å². The van der Waals surface area contributed by atoms with Crippen LogP contribution in [0.2, 0.25) is 0 Å². The highest BCUT2D eigenvalue weighted by molar-refractivity contribution is 6.01. The lowest BCUT2D eigenvalue weighted by atomic mass is 9.85. The molecule has 0 spiro atoms. The molecule has 2 aromatic rings. The van der Waals surface area contributed by atoms with E-state index in [1.54, 1.807) is 0 Å². The highest BCUT2D eigenvalue weighted by Crippen LogP contribution is 2.24. The molecule has 2 atom stereocenters. The maximum atomic E-state index is 12.7. The molecule has 0 aliphatic rings. The van der Waals surface area contributed by atoms with Crippen molar-refractivity contribution in [1.82, 2.24) is 5.32 Å². The molecule has 19 heavy (non-hydrogen) atoms. The van der Waals surface area contributed by atoms with E-state index >= 15 is 0 Å². The second-order valence-electron chi connectivity index (χ2n) is 4.70. The minimum atomic E-state index is -0.159. The summed E-state index contributed by atoms with van der Waals surface area (Å²) in [5.74, 6) is 0.00208. The predicted molar refractivity (Wildman–Crippen MR) is 78.5 cm³/mol. The first kappa shape index (κ1) is 13.5. The lowest BCUT2D eigenvalue weighted by Crippen LogP contribution is -2.34. The monoisotopic (exact) mass is 253 g/mol. The van der Waals surface area contributed by atoms with E-state index in [9.17, 15) is 4.79 Å². The minimum Gasteiger partial charge on any atom is -0.316 e. The van der Waals surface area contributed by atoms with Crippen LogP contribution in [0.15, 0.2) is 60.7 Å². The average molecular weight is 253 g/mol. The van der Waals surface area contributed by atoms with E-state index in [2.05, 4.69) is 5.32 Å². The predicted octanol–water partition coefficient (Wildman–Crippen LogP) is 3.26. The number of hydrogen-bond donors (Lipinski definition) is 1. The number of nitrogens with one attached hydrogen (secondary N) is 1. The lowest BCUT2D eigenvalue weighted by Gasteiger charge is -2.23. The van der Waals surface area contributed by atoms with Gasteiger partial charge in [-0.1, -0.05) is 60.7 Å². The first-order valence-electron chi connectivity index (χ1n) is 6.55. The van der Waals surface area contributed by atoms with Gasteiger partial charge in [-0.05, 0) is 19.5 Å². The molecule has 0 aliphatic carbocycles. The summed E-state index contributed by atoms with van der Waals surface area (Å²) < 4.78 is 0. The molecule has 0 bridgehead atoms. The van der Waals surface area contributed by atoms with Crippen LogP contribution in [-0.4, -0.2) is 18.9 Å². The molecule has 0 saturated carbocycles. The van der Waals surface area contributed by atoms with Gasteiger partial charge in [-0.3, -0.25) is 4.79 Å². The molecule has 0 saturated heterocycles. The Hall–Kier alpha value is -1.93. The van der Waals surface area contributed by atoms with Gasteiger partial charge in [-0.25, -0.2) is 0 Å². The van der Waals surface area contributed by atoms with Crippen molar-refractivity contribution in [2.24, 2.45) is 0 Å². The number of carbonyl (C=O) groups is 1. The fraction of sp³-hybridized carbons (Fsp3) is 0.235. The third kappa shape index (κ3) is 3.09. The number of ketones is 1. The molecule has 0 radical (unpaired) electrons. The van der Waals surface area contributed by atoms with Crippen molar-refractivity contribution in [2.45, 2.75) is 18.9 Å². The van der Waals surface area contributed by atoms with Crippen molar-refractivity contribution in [3.8, 4) is 0 Å². The van der Waals surface area contributed by atoms with E-state index in [1.165, 1.54) is 0 Å². The van der Waals surface area contributed by atoms with Gasteiger partial charge in [0, 0.05) is 11.6 Å². The molecule has 1 N–H and O–H groups in total. The highest BCUT2D eigenvalue weighted by Gasteiger charge is 2.26. The van der Waals surface area contributed by atoms with Crippen molar-refractivity contribution in [1.29, 1.82) is 0 Å². The Labute approximate surface area is 114 Å². The topological polar surface area (TPSA) is 29.1 Å². The Morgan fingerprint density at radius 1 is 0.947 bits per heavy atom. The Bertz CT molecular complexity index is 521. The smallest absolute Gasteiger partial charge is 0.171 e. The molecular weight excluding hydrogens is 234 g/mol. The Morgan fingerprint density at radius 2 is 1.47 bits per heavy atom. The van der Waals surface area contributed by atoms with Gasteiger partial charge in [0.25, 0.3) is 0 Å². The summed E-state index contributed by atoms with van der Waals surface area (Å²) in [5, 5.41) is 3.19. The molecule has 0 aromatic heterocycles. The first-order valence-corrected chi connectivity index (χ1v) is 6.55. The quantitative estimate of drug-likeness (QED) is 0.829. The largest absolute Gasteiger partial charge is 0.316 e. The molecule has 2 heteroatoms.